The Morgan fingerprint density at radius 2 is 2.00 bits per heavy atom. The van der Waals surface area contributed by atoms with Crippen molar-refractivity contribution < 1.29 is 4.79 Å². The molecule has 19 heavy (non-hydrogen) atoms. The van der Waals surface area contributed by atoms with Crippen LogP contribution in [0.25, 0.3) is 0 Å². The molecule has 0 unspecified atom stereocenters. The van der Waals surface area contributed by atoms with Crippen LogP contribution in [-0.2, 0) is 11.3 Å². The zero-order valence-corrected chi connectivity index (χ0v) is 12.1. The lowest BCUT2D eigenvalue weighted by molar-refractivity contribution is -0.122. The minimum absolute atomic E-state index is 0.0915. The Balaban J connectivity index is 2.35. The molecule has 0 radical (unpaired) electrons. The molecule has 0 saturated carbocycles. The lowest BCUT2D eigenvalue weighted by Gasteiger charge is -2.15. The molecule has 1 aromatic heterocycles. The molecule has 0 aliphatic carbocycles. The highest BCUT2D eigenvalue weighted by molar-refractivity contribution is 5.75. The summed E-state index contributed by atoms with van der Waals surface area (Å²) in [5, 5.41) is 2.93. The molecule has 0 aliphatic rings. The van der Waals surface area contributed by atoms with Gasteiger partial charge in [0, 0.05) is 18.3 Å². The maximum atomic E-state index is 11.8. The van der Waals surface area contributed by atoms with Gasteiger partial charge in [0.15, 0.2) is 0 Å². The van der Waals surface area contributed by atoms with E-state index < -0.39 is 0 Å². The highest BCUT2D eigenvalue weighted by Crippen LogP contribution is 2.08. The number of pyridine rings is 1. The fourth-order valence-corrected chi connectivity index (χ4v) is 1.97. The maximum Gasteiger partial charge on any atom is 0.250 e. The molecule has 0 fully saturated rings. The molecular weight excluding hydrogens is 240 g/mol. The van der Waals surface area contributed by atoms with Crippen molar-refractivity contribution in [3.05, 3.63) is 34.7 Å². The lowest BCUT2D eigenvalue weighted by Crippen LogP contribution is -2.37. The van der Waals surface area contributed by atoms with Crippen LogP contribution in [0.4, 0.5) is 0 Å². The first-order valence-corrected chi connectivity index (χ1v) is 6.94. The van der Waals surface area contributed by atoms with Crippen LogP contribution in [-0.4, -0.2) is 16.5 Å². The van der Waals surface area contributed by atoms with Gasteiger partial charge in [0.2, 0.25) is 5.91 Å². The van der Waals surface area contributed by atoms with Crippen LogP contribution in [0.15, 0.2) is 29.2 Å². The van der Waals surface area contributed by atoms with E-state index in [0.717, 1.165) is 12.8 Å². The highest BCUT2D eigenvalue weighted by atomic mass is 16.2. The van der Waals surface area contributed by atoms with E-state index in [2.05, 4.69) is 19.2 Å². The Morgan fingerprint density at radius 3 is 2.63 bits per heavy atom. The third kappa shape index (κ3) is 6.22. The van der Waals surface area contributed by atoms with E-state index in [9.17, 15) is 9.59 Å². The van der Waals surface area contributed by atoms with Gasteiger partial charge in [-0.05, 0) is 25.3 Å². The van der Waals surface area contributed by atoms with Crippen LogP contribution >= 0.6 is 0 Å². The van der Waals surface area contributed by atoms with Gasteiger partial charge in [0.1, 0.15) is 6.54 Å². The van der Waals surface area contributed by atoms with E-state index >= 15 is 0 Å². The quantitative estimate of drug-likeness (QED) is 0.820. The summed E-state index contributed by atoms with van der Waals surface area (Å²) in [4.78, 5) is 23.3. The van der Waals surface area contributed by atoms with Gasteiger partial charge in [-0.25, -0.2) is 0 Å². The molecule has 0 saturated heterocycles. The molecule has 0 spiro atoms. The number of nitrogens with one attached hydrogen (secondary N) is 1. The number of carbonyl (C=O) groups is 1. The number of hydrogen-bond donors (Lipinski definition) is 1. The van der Waals surface area contributed by atoms with Crippen molar-refractivity contribution in [2.75, 3.05) is 0 Å². The van der Waals surface area contributed by atoms with Crippen LogP contribution in [0.5, 0.6) is 0 Å². The minimum Gasteiger partial charge on any atom is -0.352 e. The molecule has 1 amide bonds. The second-order valence-electron chi connectivity index (χ2n) is 5.46. The number of nitrogens with zero attached hydrogens (tertiary/aromatic N) is 1. The smallest absolute Gasteiger partial charge is 0.250 e. The molecule has 1 atom stereocenters. The predicted octanol–water partition coefficient (Wildman–Crippen LogP) is 2.18. The highest BCUT2D eigenvalue weighted by Gasteiger charge is 2.08. The fraction of sp³-hybridized carbons (Fsp3) is 0.600. The summed E-state index contributed by atoms with van der Waals surface area (Å²) in [5.41, 5.74) is -0.148. The van der Waals surface area contributed by atoms with Crippen LogP contribution < -0.4 is 10.9 Å². The van der Waals surface area contributed by atoms with Gasteiger partial charge >= 0.3 is 0 Å². The van der Waals surface area contributed by atoms with Crippen LogP contribution in [0, 0.1) is 5.92 Å². The van der Waals surface area contributed by atoms with E-state index in [0.29, 0.717) is 5.92 Å². The first kappa shape index (κ1) is 15.5. The van der Waals surface area contributed by atoms with Crippen LogP contribution in [0.3, 0.4) is 0 Å². The Morgan fingerprint density at radius 1 is 1.26 bits per heavy atom. The summed E-state index contributed by atoms with van der Waals surface area (Å²) in [6.07, 6.45) is 4.90. The molecule has 4 heteroatoms. The molecule has 106 valence electrons. The van der Waals surface area contributed by atoms with E-state index in [4.69, 9.17) is 0 Å². The normalized spacial score (nSPS) is 12.4. The summed E-state index contributed by atoms with van der Waals surface area (Å²) >= 11 is 0. The van der Waals surface area contributed by atoms with Gasteiger partial charge in [0.25, 0.3) is 5.56 Å². The number of rotatable bonds is 7. The van der Waals surface area contributed by atoms with E-state index in [1.165, 1.54) is 17.1 Å². The topological polar surface area (TPSA) is 51.1 Å². The zero-order valence-electron chi connectivity index (χ0n) is 12.1. The molecule has 0 aliphatic heterocycles. The van der Waals surface area contributed by atoms with Crippen molar-refractivity contribution in [1.82, 2.24) is 9.88 Å². The minimum atomic E-state index is -0.148. The van der Waals surface area contributed by atoms with Crippen molar-refractivity contribution in [3.63, 3.8) is 0 Å². The lowest BCUT2D eigenvalue weighted by atomic mass is 10.0. The monoisotopic (exact) mass is 264 g/mol. The van der Waals surface area contributed by atoms with Gasteiger partial charge in [-0.3, -0.25) is 9.59 Å². The standard InChI is InChI=1S/C15H24N2O2/c1-12(2)7-6-8-13(3)16-14(18)11-17-10-5-4-9-15(17)19/h4-5,9-10,12-13H,6-8,11H2,1-3H3,(H,16,18)/t13-/m1/s1. The Bertz CT molecular complexity index is 451. The van der Waals surface area contributed by atoms with Crippen LogP contribution in [0.1, 0.15) is 40.0 Å². The number of hydrogen-bond acceptors (Lipinski definition) is 2. The molecule has 4 nitrogen and oxygen atoms in total. The average molecular weight is 264 g/mol. The summed E-state index contributed by atoms with van der Waals surface area (Å²) < 4.78 is 1.41. The molecule has 1 heterocycles. The number of amides is 1. The summed E-state index contributed by atoms with van der Waals surface area (Å²) in [7, 11) is 0. The summed E-state index contributed by atoms with van der Waals surface area (Å²) in [6, 6.07) is 5.04. The van der Waals surface area contributed by atoms with E-state index in [-0.39, 0.29) is 24.1 Å². The predicted molar refractivity (Wildman–Crippen MR) is 77.0 cm³/mol. The Kier molecular flexibility index (Phi) is 6.33. The number of aromatic nitrogens is 1. The molecule has 1 rings (SSSR count). The second-order valence-corrected chi connectivity index (χ2v) is 5.46. The Hall–Kier alpha value is -1.58. The molecular formula is C15H24N2O2. The zero-order chi connectivity index (χ0) is 14.3. The number of carbonyl (C=O) groups excluding carboxylic acids is 1. The summed E-state index contributed by atoms with van der Waals surface area (Å²) in [6.45, 7) is 6.50. The Labute approximate surface area is 114 Å². The van der Waals surface area contributed by atoms with Crippen molar-refractivity contribution in [1.29, 1.82) is 0 Å². The summed E-state index contributed by atoms with van der Waals surface area (Å²) in [5.74, 6) is 0.594. The molecule has 0 bridgehead atoms. The first-order chi connectivity index (χ1) is 8.99. The van der Waals surface area contributed by atoms with E-state index in [1.807, 2.05) is 6.92 Å². The van der Waals surface area contributed by atoms with Gasteiger partial charge in [-0.15, -0.1) is 0 Å². The fourth-order valence-electron chi connectivity index (χ4n) is 1.97. The molecule has 1 N–H and O–H groups in total. The van der Waals surface area contributed by atoms with Crippen molar-refractivity contribution in [2.24, 2.45) is 5.92 Å². The first-order valence-electron chi connectivity index (χ1n) is 6.94. The molecule has 0 aromatic carbocycles. The average Bonchev–Trinajstić information content (AvgIpc) is 2.31. The van der Waals surface area contributed by atoms with E-state index in [1.54, 1.807) is 18.3 Å². The largest absolute Gasteiger partial charge is 0.352 e. The SMILES string of the molecule is CC(C)CCC[C@@H](C)NC(=O)Cn1ccccc1=O. The van der Waals surface area contributed by atoms with Crippen molar-refractivity contribution in [2.45, 2.75) is 52.6 Å². The van der Waals surface area contributed by atoms with Gasteiger partial charge in [-0.2, -0.15) is 0 Å². The molecule has 1 aromatic rings. The van der Waals surface area contributed by atoms with Crippen molar-refractivity contribution in [3.8, 4) is 0 Å². The van der Waals surface area contributed by atoms with Gasteiger partial charge in [0.05, 0.1) is 0 Å². The maximum absolute atomic E-state index is 11.8. The second kappa shape index (κ2) is 7.77. The third-order valence-electron chi connectivity index (χ3n) is 3.04. The third-order valence-corrected chi connectivity index (χ3v) is 3.04. The van der Waals surface area contributed by atoms with Crippen molar-refractivity contribution >= 4 is 5.91 Å². The van der Waals surface area contributed by atoms with Gasteiger partial charge in [-0.1, -0.05) is 32.8 Å². The van der Waals surface area contributed by atoms with Gasteiger partial charge < -0.3 is 9.88 Å². The van der Waals surface area contributed by atoms with Crippen LogP contribution in [0.2, 0.25) is 0 Å².